The lowest BCUT2D eigenvalue weighted by Gasteiger charge is -2.07. The first-order valence-corrected chi connectivity index (χ1v) is 5.24. The Morgan fingerprint density at radius 3 is 2.94 bits per heavy atom. The molecule has 0 spiro atoms. The van der Waals surface area contributed by atoms with Gasteiger partial charge in [-0.1, -0.05) is 15.9 Å². The fourth-order valence-electron chi connectivity index (χ4n) is 1.31. The van der Waals surface area contributed by atoms with Crippen LogP contribution in [0.25, 0.3) is 5.69 Å². The number of hydrogen-bond donors (Lipinski definition) is 0. The monoisotopic (exact) mass is 281 g/mol. The average molecular weight is 282 g/mol. The molecule has 2 rings (SSSR count). The van der Waals surface area contributed by atoms with E-state index in [2.05, 4.69) is 26.0 Å². The molecule has 0 saturated carbocycles. The van der Waals surface area contributed by atoms with E-state index >= 15 is 0 Å². The number of nitrogens with zero attached hydrogens (tertiary/aromatic N) is 3. The Morgan fingerprint density at radius 1 is 1.50 bits per heavy atom. The summed E-state index contributed by atoms with van der Waals surface area (Å²) in [5.74, 6) is -0.410. The van der Waals surface area contributed by atoms with Crippen LogP contribution in [-0.2, 0) is 4.74 Å². The summed E-state index contributed by atoms with van der Waals surface area (Å²) in [7, 11) is 1.34. The van der Waals surface area contributed by atoms with Crippen molar-refractivity contribution in [1.82, 2.24) is 14.8 Å². The number of halogens is 1. The lowest BCUT2D eigenvalue weighted by Crippen LogP contribution is -2.08. The van der Waals surface area contributed by atoms with Crippen LogP contribution in [0.15, 0.2) is 35.3 Å². The minimum atomic E-state index is -0.410. The molecule has 0 aliphatic rings. The molecule has 82 valence electrons. The lowest BCUT2D eigenvalue weighted by molar-refractivity contribution is 0.0600. The fourth-order valence-corrected chi connectivity index (χ4v) is 1.68. The van der Waals surface area contributed by atoms with Gasteiger partial charge in [-0.3, -0.25) is 0 Å². The zero-order chi connectivity index (χ0) is 11.5. The molecule has 1 aromatic carbocycles. The van der Waals surface area contributed by atoms with Crippen molar-refractivity contribution in [3.05, 3.63) is 40.9 Å². The van der Waals surface area contributed by atoms with Crippen LogP contribution < -0.4 is 0 Å². The number of rotatable bonds is 2. The Hall–Kier alpha value is -1.69. The van der Waals surface area contributed by atoms with E-state index in [1.54, 1.807) is 12.1 Å². The van der Waals surface area contributed by atoms with Gasteiger partial charge in [0.2, 0.25) is 0 Å². The van der Waals surface area contributed by atoms with E-state index in [-0.39, 0.29) is 0 Å². The third-order valence-electron chi connectivity index (χ3n) is 2.03. The van der Waals surface area contributed by atoms with Gasteiger partial charge in [0.25, 0.3) is 0 Å². The summed E-state index contributed by atoms with van der Waals surface area (Å²) >= 11 is 3.30. The molecule has 1 heterocycles. The van der Waals surface area contributed by atoms with Gasteiger partial charge in [0.05, 0.1) is 18.4 Å². The van der Waals surface area contributed by atoms with E-state index in [0.717, 1.165) is 4.47 Å². The number of carbonyl (C=O) groups excluding carboxylic acids is 1. The van der Waals surface area contributed by atoms with E-state index in [1.807, 2.05) is 6.07 Å². The van der Waals surface area contributed by atoms with Crippen molar-refractivity contribution in [2.75, 3.05) is 7.11 Å². The van der Waals surface area contributed by atoms with E-state index < -0.39 is 5.97 Å². The van der Waals surface area contributed by atoms with Crippen molar-refractivity contribution in [3.63, 3.8) is 0 Å². The highest BCUT2D eigenvalue weighted by atomic mass is 79.9. The van der Waals surface area contributed by atoms with E-state index in [9.17, 15) is 4.79 Å². The molecule has 0 aliphatic carbocycles. The molecule has 5 nitrogen and oxygen atoms in total. The van der Waals surface area contributed by atoms with Crippen LogP contribution in [0.1, 0.15) is 10.4 Å². The summed E-state index contributed by atoms with van der Waals surface area (Å²) in [5.41, 5.74) is 1.06. The highest BCUT2D eigenvalue weighted by Crippen LogP contribution is 2.20. The molecule has 0 aliphatic heterocycles. The van der Waals surface area contributed by atoms with Gasteiger partial charge in [0.15, 0.2) is 0 Å². The van der Waals surface area contributed by atoms with Crippen LogP contribution in [-0.4, -0.2) is 27.8 Å². The predicted molar refractivity (Wildman–Crippen MR) is 60.4 cm³/mol. The third-order valence-corrected chi connectivity index (χ3v) is 2.52. The van der Waals surface area contributed by atoms with Crippen molar-refractivity contribution in [2.24, 2.45) is 0 Å². The number of esters is 1. The second-order valence-corrected chi connectivity index (χ2v) is 3.91. The molecule has 0 unspecified atom stereocenters. The summed E-state index contributed by atoms with van der Waals surface area (Å²) in [5, 5.41) is 3.98. The van der Waals surface area contributed by atoms with Crippen molar-refractivity contribution < 1.29 is 9.53 Å². The summed E-state index contributed by atoms with van der Waals surface area (Å²) in [6.07, 6.45) is 2.93. The maximum atomic E-state index is 11.6. The van der Waals surface area contributed by atoms with Gasteiger partial charge in [0.1, 0.15) is 12.7 Å². The molecule has 0 amide bonds. The molecule has 0 bridgehead atoms. The highest BCUT2D eigenvalue weighted by Gasteiger charge is 2.14. The standard InChI is InChI=1S/C10H8BrN3O2/c1-16-10(15)8-4-7(11)2-3-9(8)14-6-12-5-13-14/h2-6H,1H3. The molecule has 0 fully saturated rings. The van der Waals surface area contributed by atoms with Gasteiger partial charge < -0.3 is 4.74 Å². The van der Waals surface area contributed by atoms with E-state index in [1.165, 1.54) is 24.4 Å². The quantitative estimate of drug-likeness (QED) is 0.788. The maximum Gasteiger partial charge on any atom is 0.340 e. The molecule has 0 atom stereocenters. The molecule has 16 heavy (non-hydrogen) atoms. The van der Waals surface area contributed by atoms with Gasteiger partial charge >= 0.3 is 5.97 Å². The van der Waals surface area contributed by atoms with Crippen LogP contribution in [0.2, 0.25) is 0 Å². The molecule has 1 aromatic heterocycles. The Bertz CT molecular complexity index is 511. The SMILES string of the molecule is COC(=O)c1cc(Br)ccc1-n1cncn1. The molecule has 6 heteroatoms. The van der Waals surface area contributed by atoms with Crippen molar-refractivity contribution in [3.8, 4) is 5.69 Å². The van der Waals surface area contributed by atoms with Crippen molar-refractivity contribution >= 4 is 21.9 Å². The lowest BCUT2D eigenvalue weighted by atomic mass is 10.2. The van der Waals surface area contributed by atoms with Crippen LogP contribution in [0.5, 0.6) is 0 Å². The van der Waals surface area contributed by atoms with E-state index in [0.29, 0.717) is 11.3 Å². The first-order chi connectivity index (χ1) is 7.72. The molecule has 0 radical (unpaired) electrons. The van der Waals surface area contributed by atoms with Gasteiger partial charge in [0, 0.05) is 4.47 Å². The molecule has 0 N–H and O–H groups in total. The fraction of sp³-hybridized carbons (Fsp3) is 0.100. The van der Waals surface area contributed by atoms with Gasteiger partial charge in [-0.05, 0) is 18.2 Å². The number of benzene rings is 1. The minimum absolute atomic E-state index is 0.410. The van der Waals surface area contributed by atoms with Crippen molar-refractivity contribution in [1.29, 1.82) is 0 Å². The zero-order valence-corrected chi connectivity index (χ0v) is 10.0. The Kier molecular flexibility index (Phi) is 3.00. The van der Waals surface area contributed by atoms with E-state index in [4.69, 9.17) is 4.74 Å². The first-order valence-electron chi connectivity index (χ1n) is 4.45. The Labute approximate surface area is 100 Å². The molecular weight excluding hydrogens is 274 g/mol. The Morgan fingerprint density at radius 2 is 2.31 bits per heavy atom. The van der Waals surface area contributed by atoms with Crippen LogP contribution in [0.4, 0.5) is 0 Å². The molecule has 0 saturated heterocycles. The van der Waals surface area contributed by atoms with Gasteiger partial charge in [-0.25, -0.2) is 14.5 Å². The van der Waals surface area contributed by atoms with Crippen LogP contribution in [0, 0.1) is 0 Å². The van der Waals surface area contributed by atoms with Gasteiger partial charge in [-0.2, -0.15) is 5.10 Å². The minimum Gasteiger partial charge on any atom is -0.465 e. The summed E-state index contributed by atoms with van der Waals surface area (Å²) in [6.45, 7) is 0. The molecular formula is C10H8BrN3O2. The maximum absolute atomic E-state index is 11.6. The number of aromatic nitrogens is 3. The summed E-state index contributed by atoms with van der Waals surface area (Å²) < 4.78 is 7.02. The average Bonchev–Trinajstić information content (AvgIpc) is 2.81. The predicted octanol–water partition coefficient (Wildman–Crippen LogP) is 1.82. The number of hydrogen-bond acceptors (Lipinski definition) is 4. The van der Waals surface area contributed by atoms with Crippen LogP contribution >= 0.6 is 15.9 Å². The van der Waals surface area contributed by atoms with Gasteiger partial charge in [-0.15, -0.1) is 0 Å². The third kappa shape index (κ3) is 1.96. The highest BCUT2D eigenvalue weighted by molar-refractivity contribution is 9.10. The smallest absolute Gasteiger partial charge is 0.340 e. The first kappa shape index (κ1) is 10.8. The number of methoxy groups -OCH3 is 1. The number of carbonyl (C=O) groups is 1. The topological polar surface area (TPSA) is 57.0 Å². The summed E-state index contributed by atoms with van der Waals surface area (Å²) in [6, 6.07) is 5.28. The largest absolute Gasteiger partial charge is 0.465 e. The zero-order valence-electron chi connectivity index (χ0n) is 8.42. The van der Waals surface area contributed by atoms with Crippen LogP contribution in [0.3, 0.4) is 0 Å². The normalized spacial score (nSPS) is 10.1. The Balaban J connectivity index is 2.57. The second kappa shape index (κ2) is 4.44. The second-order valence-electron chi connectivity index (χ2n) is 2.99. The molecule has 2 aromatic rings. The summed E-state index contributed by atoms with van der Waals surface area (Å²) in [4.78, 5) is 15.4. The number of ether oxygens (including phenoxy) is 1. The van der Waals surface area contributed by atoms with Crippen molar-refractivity contribution in [2.45, 2.75) is 0 Å².